The first-order valence-electron chi connectivity index (χ1n) is 6.52. The molecule has 1 fully saturated rings. The van der Waals surface area contributed by atoms with Crippen molar-refractivity contribution >= 4 is 15.9 Å². The third kappa shape index (κ3) is 4.29. The lowest BCUT2D eigenvalue weighted by molar-refractivity contribution is -0.120. The van der Waals surface area contributed by atoms with Crippen molar-refractivity contribution in [3.63, 3.8) is 0 Å². The number of sulfonamides is 1. The minimum atomic E-state index is -3.66. The molecule has 4 N–H and O–H groups in total. The van der Waals surface area contributed by atoms with Crippen molar-refractivity contribution in [3.8, 4) is 0 Å². The Hall–Kier alpha value is -1.44. The maximum Gasteiger partial charge on any atom is 0.238 e. The van der Waals surface area contributed by atoms with Gasteiger partial charge in [-0.15, -0.1) is 0 Å². The van der Waals surface area contributed by atoms with E-state index in [1.165, 1.54) is 12.1 Å². The molecule has 0 aromatic heterocycles. The second-order valence-corrected chi connectivity index (χ2v) is 6.62. The van der Waals surface area contributed by atoms with E-state index < -0.39 is 10.0 Å². The monoisotopic (exact) mass is 297 g/mol. The lowest BCUT2D eigenvalue weighted by Crippen LogP contribution is -2.36. The zero-order chi connectivity index (χ0) is 14.8. The molecular weight excluding hydrogens is 278 g/mol. The van der Waals surface area contributed by atoms with E-state index in [1.807, 2.05) is 6.92 Å². The molecule has 0 heterocycles. The zero-order valence-corrected chi connectivity index (χ0v) is 12.1. The molecule has 1 aromatic rings. The molecule has 2 rings (SSSR count). The first kappa shape index (κ1) is 15.0. The molecule has 1 aliphatic rings. The Morgan fingerprint density at radius 2 is 1.95 bits per heavy atom. The number of rotatable bonds is 6. The van der Waals surface area contributed by atoms with E-state index in [1.54, 1.807) is 12.1 Å². The highest BCUT2D eigenvalue weighted by Crippen LogP contribution is 2.18. The Labute approximate surface area is 118 Å². The Kier molecular flexibility index (Phi) is 4.42. The molecule has 6 nitrogen and oxygen atoms in total. The molecule has 0 saturated heterocycles. The van der Waals surface area contributed by atoms with Crippen LogP contribution in [-0.4, -0.2) is 26.9 Å². The van der Waals surface area contributed by atoms with Gasteiger partial charge in [-0.3, -0.25) is 4.79 Å². The standard InChI is InChI=1S/C13H19N3O3S/c1-9(15-8-13(17)16-11-4-5-11)10-2-6-12(7-3-10)20(14,18)19/h2-3,6-7,9,11,15H,4-5,8H2,1H3,(H,16,17)(H2,14,18,19). The molecule has 1 aliphatic carbocycles. The van der Waals surface area contributed by atoms with Gasteiger partial charge in [-0.25, -0.2) is 13.6 Å². The fraction of sp³-hybridized carbons (Fsp3) is 0.462. The molecule has 1 unspecified atom stereocenters. The minimum absolute atomic E-state index is 0.0134. The molecule has 1 aromatic carbocycles. The smallest absolute Gasteiger partial charge is 0.238 e. The van der Waals surface area contributed by atoms with Crippen molar-refractivity contribution in [2.24, 2.45) is 5.14 Å². The summed E-state index contributed by atoms with van der Waals surface area (Å²) in [5.41, 5.74) is 0.900. The number of carbonyl (C=O) groups excluding carboxylic acids is 1. The van der Waals surface area contributed by atoms with Crippen LogP contribution in [0.2, 0.25) is 0 Å². The van der Waals surface area contributed by atoms with Gasteiger partial charge in [0.05, 0.1) is 11.4 Å². The first-order valence-corrected chi connectivity index (χ1v) is 8.06. The number of amides is 1. The van der Waals surface area contributed by atoms with Gasteiger partial charge in [-0.05, 0) is 37.5 Å². The molecule has 0 aliphatic heterocycles. The van der Waals surface area contributed by atoms with Crippen LogP contribution in [0, 0.1) is 0 Å². The van der Waals surface area contributed by atoms with Gasteiger partial charge in [-0.2, -0.15) is 0 Å². The Bertz CT molecular complexity index is 579. The fourth-order valence-corrected chi connectivity index (χ4v) is 2.33. The van der Waals surface area contributed by atoms with Crippen molar-refractivity contribution in [1.29, 1.82) is 0 Å². The lowest BCUT2D eigenvalue weighted by atomic mass is 10.1. The Balaban J connectivity index is 1.88. The largest absolute Gasteiger partial charge is 0.352 e. The van der Waals surface area contributed by atoms with Crippen molar-refractivity contribution in [3.05, 3.63) is 29.8 Å². The number of hydrogen-bond donors (Lipinski definition) is 3. The van der Waals surface area contributed by atoms with Crippen LogP contribution in [-0.2, 0) is 14.8 Å². The van der Waals surface area contributed by atoms with Crippen molar-refractivity contribution in [2.45, 2.75) is 36.7 Å². The summed E-state index contributed by atoms with van der Waals surface area (Å²) in [5, 5.41) is 11.0. The fourth-order valence-electron chi connectivity index (χ4n) is 1.82. The van der Waals surface area contributed by atoms with Gasteiger partial charge in [0.15, 0.2) is 0 Å². The van der Waals surface area contributed by atoms with E-state index in [0.29, 0.717) is 6.04 Å². The summed E-state index contributed by atoms with van der Waals surface area (Å²) in [6.07, 6.45) is 2.13. The molecule has 7 heteroatoms. The van der Waals surface area contributed by atoms with E-state index in [0.717, 1.165) is 18.4 Å². The molecule has 20 heavy (non-hydrogen) atoms. The predicted molar refractivity (Wildman–Crippen MR) is 75.4 cm³/mol. The van der Waals surface area contributed by atoms with Gasteiger partial charge in [0.25, 0.3) is 0 Å². The van der Waals surface area contributed by atoms with Gasteiger partial charge >= 0.3 is 0 Å². The Morgan fingerprint density at radius 1 is 1.35 bits per heavy atom. The van der Waals surface area contributed by atoms with Gasteiger partial charge in [-0.1, -0.05) is 12.1 Å². The third-order valence-corrected chi connectivity index (χ3v) is 4.15. The van der Waals surface area contributed by atoms with E-state index in [4.69, 9.17) is 5.14 Å². The topological polar surface area (TPSA) is 101 Å². The summed E-state index contributed by atoms with van der Waals surface area (Å²) < 4.78 is 22.3. The summed E-state index contributed by atoms with van der Waals surface area (Å²) in [4.78, 5) is 11.6. The van der Waals surface area contributed by atoms with Crippen LogP contribution in [0.25, 0.3) is 0 Å². The van der Waals surface area contributed by atoms with E-state index in [2.05, 4.69) is 10.6 Å². The SMILES string of the molecule is CC(NCC(=O)NC1CC1)c1ccc(S(N)(=O)=O)cc1. The second-order valence-electron chi connectivity index (χ2n) is 5.06. The summed E-state index contributed by atoms with van der Waals surface area (Å²) in [5.74, 6) is -0.0134. The van der Waals surface area contributed by atoms with Crippen molar-refractivity contribution < 1.29 is 13.2 Å². The average molecular weight is 297 g/mol. The highest BCUT2D eigenvalue weighted by Gasteiger charge is 2.23. The quantitative estimate of drug-likeness (QED) is 0.701. The highest BCUT2D eigenvalue weighted by molar-refractivity contribution is 7.89. The molecule has 0 bridgehead atoms. The molecule has 1 saturated carbocycles. The summed E-state index contributed by atoms with van der Waals surface area (Å²) in [7, 11) is -3.66. The van der Waals surface area contributed by atoms with E-state index in [9.17, 15) is 13.2 Å². The van der Waals surface area contributed by atoms with Crippen LogP contribution in [0.1, 0.15) is 31.4 Å². The number of primary sulfonamides is 1. The van der Waals surface area contributed by atoms with Crippen LogP contribution in [0.3, 0.4) is 0 Å². The normalized spacial score (nSPS) is 16.7. The lowest BCUT2D eigenvalue weighted by Gasteiger charge is -2.14. The average Bonchev–Trinajstić information content (AvgIpc) is 3.19. The molecule has 0 radical (unpaired) electrons. The molecule has 1 amide bonds. The van der Waals surface area contributed by atoms with Crippen LogP contribution in [0.5, 0.6) is 0 Å². The van der Waals surface area contributed by atoms with Gasteiger partial charge in [0.2, 0.25) is 15.9 Å². The predicted octanol–water partition coefficient (Wildman–Crippen LogP) is 0.263. The number of carbonyl (C=O) groups is 1. The van der Waals surface area contributed by atoms with Crippen LogP contribution in [0.15, 0.2) is 29.2 Å². The summed E-state index contributed by atoms with van der Waals surface area (Å²) >= 11 is 0. The van der Waals surface area contributed by atoms with Crippen molar-refractivity contribution in [2.75, 3.05) is 6.54 Å². The number of hydrogen-bond acceptors (Lipinski definition) is 4. The highest BCUT2D eigenvalue weighted by atomic mass is 32.2. The van der Waals surface area contributed by atoms with Crippen molar-refractivity contribution in [1.82, 2.24) is 10.6 Å². The molecule has 1 atom stereocenters. The molecular formula is C13H19N3O3S. The maximum absolute atomic E-state index is 11.5. The number of nitrogens with one attached hydrogen (secondary N) is 2. The van der Waals surface area contributed by atoms with Gasteiger partial charge in [0, 0.05) is 12.1 Å². The summed E-state index contributed by atoms with van der Waals surface area (Å²) in [6, 6.07) is 6.62. The van der Waals surface area contributed by atoms with Crippen LogP contribution in [0.4, 0.5) is 0 Å². The maximum atomic E-state index is 11.5. The minimum Gasteiger partial charge on any atom is -0.352 e. The van der Waals surface area contributed by atoms with E-state index in [-0.39, 0.29) is 23.4 Å². The molecule has 110 valence electrons. The number of benzene rings is 1. The first-order chi connectivity index (χ1) is 9.36. The molecule has 0 spiro atoms. The van der Waals surface area contributed by atoms with Crippen LogP contribution < -0.4 is 15.8 Å². The Morgan fingerprint density at radius 3 is 2.45 bits per heavy atom. The van der Waals surface area contributed by atoms with E-state index >= 15 is 0 Å². The van der Waals surface area contributed by atoms with Gasteiger partial charge < -0.3 is 10.6 Å². The van der Waals surface area contributed by atoms with Crippen LogP contribution >= 0.6 is 0 Å². The zero-order valence-electron chi connectivity index (χ0n) is 11.3. The third-order valence-electron chi connectivity index (χ3n) is 3.22. The summed E-state index contributed by atoms with van der Waals surface area (Å²) in [6.45, 7) is 2.16. The van der Waals surface area contributed by atoms with Gasteiger partial charge in [0.1, 0.15) is 0 Å². The number of nitrogens with two attached hydrogens (primary N) is 1. The second kappa shape index (κ2) is 5.90.